The lowest BCUT2D eigenvalue weighted by Gasteiger charge is -2.37. The van der Waals surface area contributed by atoms with E-state index in [2.05, 4.69) is 45.0 Å². The Morgan fingerprint density at radius 3 is 2.11 bits per heavy atom. The first kappa shape index (κ1) is 13.4. The summed E-state index contributed by atoms with van der Waals surface area (Å²) in [5, 5.41) is 0. The fourth-order valence-corrected chi connectivity index (χ4v) is 3.02. The highest BCUT2D eigenvalue weighted by Gasteiger charge is 2.32. The van der Waals surface area contributed by atoms with Crippen molar-refractivity contribution in [3.63, 3.8) is 0 Å². The quantitative estimate of drug-likeness (QED) is 0.865. The van der Waals surface area contributed by atoms with Crippen LogP contribution in [0.4, 0.5) is 5.69 Å². The van der Waals surface area contributed by atoms with Crippen LogP contribution in [0.25, 0.3) is 0 Å². The average Bonchev–Trinajstić information content (AvgIpc) is 2.32. The Morgan fingerprint density at radius 2 is 1.56 bits per heavy atom. The maximum Gasteiger partial charge on any atom is 0.0430 e. The maximum absolute atomic E-state index is 6.71. The van der Waals surface area contributed by atoms with E-state index >= 15 is 0 Å². The molecule has 0 amide bonds. The molecule has 2 N–H and O–H groups in total. The molecule has 0 heterocycles. The molecule has 1 aromatic rings. The third-order valence-corrected chi connectivity index (χ3v) is 4.38. The summed E-state index contributed by atoms with van der Waals surface area (Å²) in [5.41, 5.74) is 11.9. The molecule has 0 saturated heterocycles. The first-order valence-electron chi connectivity index (χ1n) is 7.02. The second-order valence-corrected chi connectivity index (χ2v) is 6.06. The maximum atomic E-state index is 6.71. The highest BCUT2D eigenvalue weighted by atomic mass is 15.1. The van der Waals surface area contributed by atoms with E-state index in [9.17, 15) is 0 Å². The van der Waals surface area contributed by atoms with Crippen molar-refractivity contribution in [3.8, 4) is 0 Å². The van der Waals surface area contributed by atoms with Crippen LogP contribution < -0.4 is 10.6 Å². The summed E-state index contributed by atoms with van der Waals surface area (Å²) in [5.74, 6) is 0. The van der Waals surface area contributed by atoms with E-state index in [0.717, 1.165) is 12.8 Å². The number of nitrogens with two attached hydrogens (primary N) is 1. The molecule has 100 valence electrons. The second kappa shape index (κ2) is 4.93. The highest BCUT2D eigenvalue weighted by Crippen LogP contribution is 2.40. The minimum atomic E-state index is -0.115. The predicted molar refractivity (Wildman–Crippen MR) is 79.2 cm³/mol. The lowest BCUT2D eigenvalue weighted by molar-refractivity contribution is 0.302. The van der Waals surface area contributed by atoms with Crippen molar-refractivity contribution >= 4 is 5.69 Å². The Morgan fingerprint density at radius 1 is 1.00 bits per heavy atom. The Balaban J connectivity index is 2.50. The Kier molecular flexibility index (Phi) is 3.67. The van der Waals surface area contributed by atoms with Crippen molar-refractivity contribution in [2.45, 2.75) is 51.5 Å². The molecule has 1 saturated carbocycles. The van der Waals surface area contributed by atoms with Crippen LogP contribution in [0.3, 0.4) is 0 Å². The molecule has 0 bridgehead atoms. The molecule has 1 fully saturated rings. The number of nitrogens with zero attached hydrogens (tertiary/aromatic N) is 1. The number of rotatable bonds is 2. The third kappa shape index (κ3) is 2.39. The zero-order valence-electron chi connectivity index (χ0n) is 12.2. The average molecular weight is 246 g/mol. The van der Waals surface area contributed by atoms with Gasteiger partial charge in [0.05, 0.1) is 0 Å². The van der Waals surface area contributed by atoms with E-state index in [4.69, 9.17) is 5.73 Å². The third-order valence-electron chi connectivity index (χ3n) is 4.38. The van der Waals surface area contributed by atoms with Crippen LogP contribution in [0.5, 0.6) is 0 Å². The van der Waals surface area contributed by atoms with Gasteiger partial charge in [0.2, 0.25) is 0 Å². The van der Waals surface area contributed by atoms with Gasteiger partial charge < -0.3 is 10.6 Å². The Hall–Kier alpha value is -1.02. The molecule has 1 aliphatic rings. The summed E-state index contributed by atoms with van der Waals surface area (Å²) in [6.07, 6.45) is 6.10. The van der Waals surface area contributed by atoms with Crippen molar-refractivity contribution in [1.82, 2.24) is 0 Å². The van der Waals surface area contributed by atoms with Crippen molar-refractivity contribution < 1.29 is 0 Å². The van der Waals surface area contributed by atoms with Crippen molar-refractivity contribution in [2.75, 3.05) is 19.0 Å². The lowest BCUT2D eigenvalue weighted by Crippen LogP contribution is -2.40. The number of hydrogen-bond acceptors (Lipinski definition) is 2. The van der Waals surface area contributed by atoms with Gasteiger partial charge in [0.15, 0.2) is 0 Å². The van der Waals surface area contributed by atoms with Gasteiger partial charge in [0, 0.05) is 25.3 Å². The SMILES string of the molecule is Cc1cc(N(C)C)c(C2(N)CCCCC2)cc1C. The molecule has 0 aromatic heterocycles. The van der Waals surface area contributed by atoms with Gasteiger partial charge >= 0.3 is 0 Å². The van der Waals surface area contributed by atoms with E-state index in [0.29, 0.717) is 0 Å². The summed E-state index contributed by atoms with van der Waals surface area (Å²) < 4.78 is 0. The standard InChI is InChI=1S/C16H26N2/c1-12-10-14(15(18(3)4)11-13(12)2)16(17)8-6-5-7-9-16/h10-11H,5-9,17H2,1-4H3. The van der Waals surface area contributed by atoms with Crippen molar-refractivity contribution in [2.24, 2.45) is 5.73 Å². The largest absolute Gasteiger partial charge is 0.377 e. The van der Waals surface area contributed by atoms with E-state index in [1.165, 1.54) is 41.6 Å². The summed E-state index contributed by atoms with van der Waals surface area (Å²) in [4.78, 5) is 2.20. The summed E-state index contributed by atoms with van der Waals surface area (Å²) >= 11 is 0. The van der Waals surface area contributed by atoms with Crippen LogP contribution in [-0.4, -0.2) is 14.1 Å². The summed E-state index contributed by atoms with van der Waals surface area (Å²) in [6.45, 7) is 4.36. The molecule has 18 heavy (non-hydrogen) atoms. The molecule has 1 aliphatic carbocycles. The van der Waals surface area contributed by atoms with Crippen LogP contribution in [0, 0.1) is 13.8 Å². The number of aryl methyl sites for hydroxylation is 2. The monoisotopic (exact) mass is 246 g/mol. The molecule has 2 heteroatoms. The van der Waals surface area contributed by atoms with Crippen LogP contribution in [0.15, 0.2) is 12.1 Å². The van der Waals surface area contributed by atoms with Gasteiger partial charge in [0.25, 0.3) is 0 Å². The second-order valence-electron chi connectivity index (χ2n) is 6.06. The van der Waals surface area contributed by atoms with Gasteiger partial charge in [-0.2, -0.15) is 0 Å². The number of anilines is 1. The minimum absolute atomic E-state index is 0.115. The molecular formula is C16H26N2. The molecule has 2 nitrogen and oxygen atoms in total. The molecule has 0 aliphatic heterocycles. The van der Waals surface area contributed by atoms with Gasteiger partial charge in [0.1, 0.15) is 0 Å². The Bertz CT molecular complexity index is 429. The molecule has 0 atom stereocenters. The normalized spacial score (nSPS) is 18.7. The van der Waals surface area contributed by atoms with Gasteiger partial charge in [-0.05, 0) is 49.4 Å². The first-order valence-corrected chi connectivity index (χ1v) is 7.02. The molecule has 0 radical (unpaired) electrons. The van der Waals surface area contributed by atoms with E-state index < -0.39 is 0 Å². The molecule has 0 spiro atoms. The van der Waals surface area contributed by atoms with Gasteiger partial charge in [-0.3, -0.25) is 0 Å². The van der Waals surface area contributed by atoms with Crippen molar-refractivity contribution in [3.05, 3.63) is 28.8 Å². The van der Waals surface area contributed by atoms with Crippen LogP contribution in [-0.2, 0) is 5.54 Å². The van der Waals surface area contributed by atoms with Crippen LogP contribution in [0.2, 0.25) is 0 Å². The predicted octanol–water partition coefficient (Wildman–Crippen LogP) is 3.49. The van der Waals surface area contributed by atoms with Crippen LogP contribution in [0.1, 0.15) is 48.8 Å². The van der Waals surface area contributed by atoms with Crippen molar-refractivity contribution in [1.29, 1.82) is 0 Å². The molecule has 2 rings (SSSR count). The minimum Gasteiger partial charge on any atom is -0.377 e. The lowest BCUT2D eigenvalue weighted by atomic mass is 9.76. The van der Waals surface area contributed by atoms with Gasteiger partial charge in [-0.15, -0.1) is 0 Å². The van der Waals surface area contributed by atoms with Gasteiger partial charge in [-0.1, -0.05) is 25.3 Å². The summed E-state index contributed by atoms with van der Waals surface area (Å²) in [7, 11) is 4.22. The van der Waals surface area contributed by atoms with E-state index in [-0.39, 0.29) is 5.54 Å². The molecular weight excluding hydrogens is 220 g/mol. The summed E-state index contributed by atoms with van der Waals surface area (Å²) in [6, 6.07) is 4.60. The fraction of sp³-hybridized carbons (Fsp3) is 0.625. The fourth-order valence-electron chi connectivity index (χ4n) is 3.02. The zero-order chi connectivity index (χ0) is 13.3. The van der Waals surface area contributed by atoms with Gasteiger partial charge in [-0.25, -0.2) is 0 Å². The molecule has 1 aromatic carbocycles. The van der Waals surface area contributed by atoms with Crippen LogP contribution >= 0.6 is 0 Å². The smallest absolute Gasteiger partial charge is 0.0430 e. The zero-order valence-corrected chi connectivity index (χ0v) is 12.2. The van der Waals surface area contributed by atoms with E-state index in [1.54, 1.807) is 0 Å². The number of hydrogen-bond donors (Lipinski definition) is 1. The highest BCUT2D eigenvalue weighted by molar-refractivity contribution is 5.59. The molecule has 0 unspecified atom stereocenters. The Labute approximate surface area is 111 Å². The van der Waals surface area contributed by atoms with E-state index in [1.807, 2.05) is 0 Å². The first-order chi connectivity index (χ1) is 8.44. The topological polar surface area (TPSA) is 29.3 Å². The number of benzene rings is 1.